The molecule has 0 radical (unpaired) electrons. The number of hydrazone groups is 1. The van der Waals surface area contributed by atoms with Gasteiger partial charge in [0.15, 0.2) is 6.61 Å². The van der Waals surface area contributed by atoms with Crippen LogP contribution in [0.5, 0.6) is 5.75 Å². The van der Waals surface area contributed by atoms with Gasteiger partial charge in [0.2, 0.25) is 0 Å². The Labute approximate surface area is 149 Å². The lowest BCUT2D eigenvalue weighted by atomic mass is 10.1. The Morgan fingerprint density at radius 3 is 2.60 bits per heavy atom. The summed E-state index contributed by atoms with van der Waals surface area (Å²) >= 11 is 6.07. The zero-order valence-corrected chi connectivity index (χ0v) is 14.4. The Bertz CT molecular complexity index is 813. The molecular formula is C17H16ClN3O4. The monoisotopic (exact) mass is 361 g/mol. The largest absolute Gasteiger partial charge is 0.484 e. The molecule has 130 valence electrons. The van der Waals surface area contributed by atoms with Crippen LogP contribution >= 0.6 is 11.6 Å². The number of nitrogens with one attached hydrogen (secondary N) is 1. The molecule has 7 nitrogen and oxygen atoms in total. The minimum absolute atomic E-state index is 0.0936. The molecule has 0 aliphatic heterocycles. The number of amides is 1. The third kappa shape index (κ3) is 5.02. The van der Waals surface area contributed by atoms with E-state index in [9.17, 15) is 14.9 Å². The molecule has 8 heteroatoms. The summed E-state index contributed by atoms with van der Waals surface area (Å²) in [6, 6.07) is 9.56. The number of nitrogens with zero attached hydrogens (tertiary/aromatic N) is 2. The number of hydrogen-bond acceptors (Lipinski definition) is 5. The number of nitro benzene ring substituents is 1. The summed E-state index contributed by atoms with van der Waals surface area (Å²) in [6.07, 6.45) is 1.21. The quantitative estimate of drug-likeness (QED) is 0.484. The van der Waals surface area contributed by atoms with Crippen LogP contribution in [0.2, 0.25) is 5.02 Å². The van der Waals surface area contributed by atoms with E-state index in [0.29, 0.717) is 10.8 Å². The molecule has 2 aromatic carbocycles. The van der Waals surface area contributed by atoms with Gasteiger partial charge in [-0.15, -0.1) is 0 Å². The van der Waals surface area contributed by atoms with Crippen molar-refractivity contribution >= 4 is 29.4 Å². The number of rotatable bonds is 6. The van der Waals surface area contributed by atoms with Crippen LogP contribution in [-0.2, 0) is 4.79 Å². The molecule has 2 rings (SSSR count). The smallest absolute Gasteiger partial charge is 0.278 e. The molecule has 0 bridgehead atoms. The number of hydrogen-bond donors (Lipinski definition) is 1. The second-order valence-electron chi connectivity index (χ2n) is 5.27. The Balaban J connectivity index is 1.92. The number of nitro groups is 1. The fourth-order valence-corrected chi connectivity index (χ4v) is 2.22. The average Bonchev–Trinajstić information content (AvgIpc) is 2.58. The number of aryl methyl sites for hydroxylation is 2. The molecule has 1 amide bonds. The van der Waals surface area contributed by atoms with Gasteiger partial charge in [-0.1, -0.05) is 23.7 Å². The number of benzene rings is 2. The summed E-state index contributed by atoms with van der Waals surface area (Å²) in [5.74, 6) is 0.0392. The molecule has 0 saturated heterocycles. The van der Waals surface area contributed by atoms with Crippen molar-refractivity contribution in [2.24, 2.45) is 5.10 Å². The number of ether oxygens (including phenoxy) is 1. The molecule has 0 atom stereocenters. The highest BCUT2D eigenvalue weighted by atomic mass is 35.5. The third-order valence-corrected chi connectivity index (χ3v) is 3.90. The van der Waals surface area contributed by atoms with Gasteiger partial charge in [0.1, 0.15) is 5.75 Å². The topological polar surface area (TPSA) is 93.8 Å². The SMILES string of the molecule is Cc1cc(OCC(=O)NN=Cc2ccccc2[N+](=O)[O-])cc(C)c1Cl. The second-order valence-corrected chi connectivity index (χ2v) is 5.65. The molecule has 0 aromatic heterocycles. The van der Waals surface area contributed by atoms with E-state index in [1.54, 1.807) is 24.3 Å². The molecule has 2 aromatic rings. The van der Waals surface area contributed by atoms with E-state index in [0.717, 1.165) is 11.1 Å². The van der Waals surface area contributed by atoms with Crippen LogP contribution in [0.25, 0.3) is 0 Å². The minimum atomic E-state index is -0.516. The second kappa shape index (κ2) is 8.25. The summed E-state index contributed by atoms with van der Waals surface area (Å²) in [6.45, 7) is 3.45. The first-order valence-corrected chi connectivity index (χ1v) is 7.71. The summed E-state index contributed by atoms with van der Waals surface area (Å²) in [7, 11) is 0. The van der Waals surface area contributed by atoms with Crippen molar-refractivity contribution in [3.05, 3.63) is 68.2 Å². The van der Waals surface area contributed by atoms with Crippen molar-refractivity contribution in [3.63, 3.8) is 0 Å². The van der Waals surface area contributed by atoms with Crippen molar-refractivity contribution in [2.75, 3.05) is 6.61 Å². The average molecular weight is 362 g/mol. The van der Waals surface area contributed by atoms with E-state index in [-0.39, 0.29) is 17.9 Å². The Kier molecular flexibility index (Phi) is 6.08. The highest BCUT2D eigenvalue weighted by molar-refractivity contribution is 6.32. The van der Waals surface area contributed by atoms with E-state index in [1.807, 2.05) is 13.8 Å². The van der Waals surface area contributed by atoms with Gasteiger partial charge in [-0.3, -0.25) is 14.9 Å². The van der Waals surface area contributed by atoms with Crippen LogP contribution in [0.4, 0.5) is 5.69 Å². The molecule has 0 spiro atoms. The maximum Gasteiger partial charge on any atom is 0.278 e. The standard InChI is InChI=1S/C17H16ClN3O4/c1-11-7-14(8-12(2)17(11)18)25-10-16(22)20-19-9-13-5-3-4-6-15(13)21(23)24/h3-9H,10H2,1-2H3,(H,20,22). The van der Waals surface area contributed by atoms with E-state index >= 15 is 0 Å². The maximum atomic E-state index is 11.8. The van der Waals surface area contributed by atoms with Crippen molar-refractivity contribution in [1.82, 2.24) is 5.43 Å². The Morgan fingerprint density at radius 2 is 1.96 bits per heavy atom. The first-order chi connectivity index (χ1) is 11.9. The van der Waals surface area contributed by atoms with Gasteiger partial charge in [0.05, 0.1) is 16.7 Å². The molecule has 25 heavy (non-hydrogen) atoms. The van der Waals surface area contributed by atoms with Gasteiger partial charge < -0.3 is 4.74 Å². The first kappa shape index (κ1) is 18.4. The van der Waals surface area contributed by atoms with Crippen molar-refractivity contribution in [2.45, 2.75) is 13.8 Å². The highest BCUT2D eigenvalue weighted by Gasteiger charge is 2.10. The highest BCUT2D eigenvalue weighted by Crippen LogP contribution is 2.25. The summed E-state index contributed by atoms with van der Waals surface area (Å²) in [5, 5.41) is 15.3. The first-order valence-electron chi connectivity index (χ1n) is 7.33. The lowest BCUT2D eigenvalue weighted by Crippen LogP contribution is -2.24. The van der Waals surface area contributed by atoms with Gasteiger partial charge >= 0.3 is 0 Å². The number of halogens is 1. The lowest BCUT2D eigenvalue weighted by molar-refractivity contribution is -0.385. The van der Waals surface area contributed by atoms with Crippen molar-refractivity contribution < 1.29 is 14.5 Å². The summed E-state index contributed by atoms with van der Waals surface area (Å²) in [4.78, 5) is 22.1. The van der Waals surface area contributed by atoms with E-state index in [4.69, 9.17) is 16.3 Å². The van der Waals surface area contributed by atoms with Crippen LogP contribution in [0, 0.1) is 24.0 Å². The van der Waals surface area contributed by atoms with Crippen LogP contribution in [0.15, 0.2) is 41.5 Å². The molecule has 1 N–H and O–H groups in total. The van der Waals surface area contributed by atoms with E-state index in [2.05, 4.69) is 10.5 Å². The van der Waals surface area contributed by atoms with Crippen LogP contribution < -0.4 is 10.2 Å². The van der Waals surface area contributed by atoms with Gasteiger partial charge in [0.25, 0.3) is 11.6 Å². The summed E-state index contributed by atoms with van der Waals surface area (Å²) < 4.78 is 5.40. The van der Waals surface area contributed by atoms with Crippen molar-refractivity contribution in [1.29, 1.82) is 0 Å². The molecule has 0 saturated carbocycles. The van der Waals surface area contributed by atoms with Crippen molar-refractivity contribution in [3.8, 4) is 5.75 Å². The van der Waals surface area contributed by atoms with Gasteiger partial charge in [-0.2, -0.15) is 5.10 Å². The maximum absolute atomic E-state index is 11.8. The van der Waals surface area contributed by atoms with Gasteiger partial charge in [-0.05, 0) is 43.2 Å². The van der Waals surface area contributed by atoms with Crippen LogP contribution in [0.3, 0.4) is 0 Å². The zero-order valence-electron chi connectivity index (χ0n) is 13.7. The third-order valence-electron chi connectivity index (χ3n) is 3.31. The van der Waals surface area contributed by atoms with Crippen LogP contribution in [0.1, 0.15) is 16.7 Å². The van der Waals surface area contributed by atoms with E-state index in [1.165, 1.54) is 18.3 Å². The lowest BCUT2D eigenvalue weighted by Gasteiger charge is -2.09. The van der Waals surface area contributed by atoms with Gasteiger partial charge in [0, 0.05) is 11.1 Å². The van der Waals surface area contributed by atoms with Gasteiger partial charge in [-0.25, -0.2) is 5.43 Å². The normalized spacial score (nSPS) is 10.7. The van der Waals surface area contributed by atoms with E-state index < -0.39 is 10.8 Å². The zero-order chi connectivity index (χ0) is 18.4. The predicted molar refractivity (Wildman–Crippen MR) is 95.3 cm³/mol. The minimum Gasteiger partial charge on any atom is -0.484 e. The number of carbonyl (C=O) groups is 1. The molecule has 0 unspecified atom stereocenters. The molecular weight excluding hydrogens is 346 g/mol. The summed E-state index contributed by atoms with van der Waals surface area (Å²) in [5.41, 5.74) is 4.17. The number of para-hydroxylation sites is 1. The Morgan fingerprint density at radius 1 is 1.32 bits per heavy atom. The predicted octanol–water partition coefficient (Wildman–Crippen LogP) is 3.39. The fraction of sp³-hybridized carbons (Fsp3) is 0.176. The molecule has 0 aliphatic rings. The molecule has 0 heterocycles. The molecule has 0 aliphatic carbocycles. The molecule has 0 fully saturated rings. The number of carbonyl (C=O) groups excluding carboxylic acids is 1. The fourth-order valence-electron chi connectivity index (χ4n) is 2.11. The Hall–Kier alpha value is -2.93. The van der Waals surface area contributed by atoms with Crippen LogP contribution in [-0.4, -0.2) is 23.7 Å².